The van der Waals surface area contributed by atoms with Gasteiger partial charge >= 0.3 is 0 Å². The number of nitrogens with zero attached hydrogens (tertiary/aromatic N) is 4. The van der Waals surface area contributed by atoms with E-state index in [2.05, 4.69) is 10.3 Å². The van der Waals surface area contributed by atoms with E-state index in [1.807, 2.05) is 43.9 Å². The van der Waals surface area contributed by atoms with E-state index in [1.165, 1.54) is 12.1 Å². The van der Waals surface area contributed by atoms with Crippen LogP contribution in [0.1, 0.15) is 45.4 Å². The molecule has 4 rings (SSSR count). The maximum atomic E-state index is 13.7. The molecule has 1 fully saturated rings. The Balaban J connectivity index is 1.68. The summed E-state index contributed by atoms with van der Waals surface area (Å²) in [6.45, 7) is 7.17. The number of carbonyl (C=O) groups excluding carboxylic acids is 1. The van der Waals surface area contributed by atoms with Gasteiger partial charge in [0.25, 0.3) is 0 Å². The standard InChI is InChI=1S/C25H28FN5O/c1-25(2,3)24(32)31-12-6-8-18(16-31)23-29-21(17-7-5-11-27-15-17)14-22(30-23)28-20-10-4-9-19(26)13-20/h4-5,7,9-11,13-15,18H,6,8,12,16H2,1-3H3,(H,28,29,30)/t18-/m0/s1. The molecule has 1 N–H and O–H groups in total. The lowest BCUT2D eigenvalue weighted by Crippen LogP contribution is -2.44. The summed E-state index contributed by atoms with van der Waals surface area (Å²) in [6, 6.07) is 11.9. The molecule has 3 aromatic rings. The first kappa shape index (κ1) is 21.9. The first-order valence-electron chi connectivity index (χ1n) is 10.9. The van der Waals surface area contributed by atoms with Crippen LogP contribution in [0.4, 0.5) is 15.9 Å². The molecule has 7 heteroatoms. The third kappa shape index (κ3) is 5.10. The maximum absolute atomic E-state index is 13.7. The summed E-state index contributed by atoms with van der Waals surface area (Å²) in [5, 5.41) is 3.20. The van der Waals surface area contributed by atoms with Gasteiger partial charge in [-0.15, -0.1) is 0 Å². The van der Waals surface area contributed by atoms with Gasteiger partial charge in [-0.1, -0.05) is 26.8 Å². The van der Waals surface area contributed by atoms with Crippen LogP contribution in [0.25, 0.3) is 11.3 Å². The zero-order valence-corrected chi connectivity index (χ0v) is 18.7. The SMILES string of the molecule is CC(C)(C)C(=O)N1CCC[C@H](c2nc(Nc3cccc(F)c3)cc(-c3cccnc3)n2)C1. The number of hydrogen-bond acceptors (Lipinski definition) is 5. The Bertz CT molecular complexity index is 1100. The van der Waals surface area contributed by atoms with Crippen molar-refractivity contribution in [2.75, 3.05) is 18.4 Å². The number of aromatic nitrogens is 3. The number of amides is 1. The molecule has 0 bridgehead atoms. The van der Waals surface area contributed by atoms with Crippen molar-refractivity contribution in [2.24, 2.45) is 5.41 Å². The first-order valence-corrected chi connectivity index (χ1v) is 10.9. The van der Waals surface area contributed by atoms with Gasteiger partial charge in [0.15, 0.2) is 0 Å². The molecule has 1 aromatic carbocycles. The van der Waals surface area contributed by atoms with E-state index in [9.17, 15) is 9.18 Å². The van der Waals surface area contributed by atoms with Crippen LogP contribution in [0.3, 0.4) is 0 Å². The minimum Gasteiger partial charge on any atom is -0.342 e. The van der Waals surface area contributed by atoms with Crippen LogP contribution in [0.15, 0.2) is 54.9 Å². The van der Waals surface area contributed by atoms with E-state index in [-0.39, 0.29) is 17.6 Å². The van der Waals surface area contributed by atoms with Crippen molar-refractivity contribution in [3.05, 3.63) is 66.5 Å². The van der Waals surface area contributed by atoms with Crippen molar-refractivity contribution in [3.8, 4) is 11.3 Å². The highest BCUT2D eigenvalue weighted by Crippen LogP contribution is 2.31. The van der Waals surface area contributed by atoms with E-state index >= 15 is 0 Å². The summed E-state index contributed by atoms with van der Waals surface area (Å²) >= 11 is 0. The minimum atomic E-state index is -0.426. The summed E-state index contributed by atoms with van der Waals surface area (Å²) in [7, 11) is 0. The minimum absolute atomic E-state index is 0.0275. The summed E-state index contributed by atoms with van der Waals surface area (Å²) < 4.78 is 13.7. The monoisotopic (exact) mass is 433 g/mol. The highest BCUT2D eigenvalue weighted by Gasteiger charge is 2.32. The number of rotatable bonds is 4. The average Bonchev–Trinajstić information content (AvgIpc) is 2.78. The Morgan fingerprint density at radius 3 is 2.72 bits per heavy atom. The van der Waals surface area contributed by atoms with Crippen LogP contribution in [-0.2, 0) is 4.79 Å². The van der Waals surface area contributed by atoms with Crippen LogP contribution in [0.5, 0.6) is 0 Å². The van der Waals surface area contributed by atoms with Crippen molar-refractivity contribution in [1.29, 1.82) is 0 Å². The van der Waals surface area contributed by atoms with Gasteiger partial charge in [-0.25, -0.2) is 14.4 Å². The fourth-order valence-electron chi connectivity index (χ4n) is 3.94. The quantitative estimate of drug-likeness (QED) is 0.614. The van der Waals surface area contributed by atoms with Crippen LogP contribution in [0, 0.1) is 11.2 Å². The van der Waals surface area contributed by atoms with E-state index in [0.717, 1.165) is 30.6 Å². The molecule has 6 nitrogen and oxygen atoms in total. The van der Waals surface area contributed by atoms with E-state index in [0.29, 0.717) is 23.9 Å². The van der Waals surface area contributed by atoms with Gasteiger partial charge in [0, 0.05) is 54.1 Å². The number of halogens is 1. The summed E-state index contributed by atoms with van der Waals surface area (Å²) in [5.41, 5.74) is 1.79. The number of anilines is 2. The topological polar surface area (TPSA) is 71.0 Å². The molecule has 3 heterocycles. The average molecular weight is 434 g/mol. The molecule has 0 radical (unpaired) electrons. The highest BCUT2D eigenvalue weighted by atomic mass is 19.1. The van der Waals surface area contributed by atoms with Crippen LogP contribution < -0.4 is 5.32 Å². The Morgan fingerprint density at radius 2 is 2.00 bits per heavy atom. The molecule has 0 aliphatic carbocycles. The van der Waals surface area contributed by atoms with Gasteiger partial charge in [0.05, 0.1) is 5.69 Å². The zero-order chi connectivity index (χ0) is 22.7. The Kier molecular flexibility index (Phi) is 6.17. The summed E-state index contributed by atoms with van der Waals surface area (Å²) in [4.78, 5) is 28.6. The molecular weight excluding hydrogens is 405 g/mol. The number of carbonyl (C=O) groups is 1. The van der Waals surface area contributed by atoms with E-state index in [4.69, 9.17) is 9.97 Å². The van der Waals surface area contributed by atoms with Gasteiger partial charge in [-0.05, 0) is 43.2 Å². The Labute approximate surface area is 187 Å². The number of pyridine rings is 1. The highest BCUT2D eigenvalue weighted by molar-refractivity contribution is 5.81. The number of likely N-dealkylation sites (tertiary alicyclic amines) is 1. The van der Waals surface area contributed by atoms with Crippen molar-refractivity contribution >= 4 is 17.4 Å². The maximum Gasteiger partial charge on any atom is 0.227 e. The van der Waals surface area contributed by atoms with Crippen LogP contribution >= 0.6 is 0 Å². The van der Waals surface area contributed by atoms with Gasteiger partial charge in [-0.3, -0.25) is 9.78 Å². The normalized spacial score (nSPS) is 16.6. The van der Waals surface area contributed by atoms with Crippen LogP contribution in [0.2, 0.25) is 0 Å². The van der Waals surface area contributed by atoms with Crippen molar-refractivity contribution in [3.63, 3.8) is 0 Å². The zero-order valence-electron chi connectivity index (χ0n) is 18.7. The second kappa shape index (κ2) is 9.02. The number of benzene rings is 1. The van der Waals surface area contributed by atoms with Crippen molar-refractivity contribution in [2.45, 2.75) is 39.5 Å². The fraction of sp³-hybridized carbons (Fsp3) is 0.360. The predicted molar refractivity (Wildman–Crippen MR) is 123 cm³/mol. The Morgan fingerprint density at radius 1 is 1.16 bits per heavy atom. The second-order valence-electron chi connectivity index (χ2n) is 9.21. The molecule has 1 saturated heterocycles. The summed E-state index contributed by atoms with van der Waals surface area (Å²) in [6.07, 6.45) is 5.28. The molecule has 2 aromatic heterocycles. The summed E-state index contributed by atoms with van der Waals surface area (Å²) in [5.74, 6) is 1.11. The molecule has 1 aliphatic heterocycles. The van der Waals surface area contributed by atoms with Gasteiger partial charge in [0.1, 0.15) is 17.5 Å². The lowest BCUT2D eigenvalue weighted by Gasteiger charge is -2.36. The molecule has 166 valence electrons. The fourth-order valence-corrected chi connectivity index (χ4v) is 3.94. The van der Waals surface area contributed by atoms with Crippen molar-refractivity contribution in [1.82, 2.24) is 19.9 Å². The number of piperidine rings is 1. The lowest BCUT2D eigenvalue weighted by atomic mass is 9.91. The molecule has 0 unspecified atom stereocenters. The van der Waals surface area contributed by atoms with Crippen LogP contribution in [-0.4, -0.2) is 38.8 Å². The molecule has 32 heavy (non-hydrogen) atoms. The number of nitrogens with one attached hydrogen (secondary N) is 1. The van der Waals surface area contributed by atoms with E-state index in [1.54, 1.807) is 24.5 Å². The molecule has 1 amide bonds. The van der Waals surface area contributed by atoms with Gasteiger partial charge in [-0.2, -0.15) is 0 Å². The molecule has 1 atom stereocenters. The van der Waals surface area contributed by atoms with Crippen molar-refractivity contribution < 1.29 is 9.18 Å². The molecule has 1 aliphatic rings. The smallest absolute Gasteiger partial charge is 0.227 e. The second-order valence-corrected chi connectivity index (χ2v) is 9.21. The largest absolute Gasteiger partial charge is 0.342 e. The molecule has 0 spiro atoms. The molecule has 0 saturated carbocycles. The van der Waals surface area contributed by atoms with E-state index < -0.39 is 5.41 Å². The lowest BCUT2D eigenvalue weighted by molar-refractivity contribution is -0.140. The van der Waals surface area contributed by atoms with Gasteiger partial charge < -0.3 is 10.2 Å². The number of hydrogen-bond donors (Lipinski definition) is 1. The third-order valence-electron chi connectivity index (χ3n) is 5.51. The third-order valence-corrected chi connectivity index (χ3v) is 5.51. The first-order chi connectivity index (χ1) is 15.3. The molecular formula is C25H28FN5O. The van der Waals surface area contributed by atoms with Gasteiger partial charge in [0.2, 0.25) is 5.91 Å². The Hall–Kier alpha value is -3.35. The predicted octanol–water partition coefficient (Wildman–Crippen LogP) is 5.17.